The fourth-order valence-electron chi connectivity index (χ4n) is 2.87. The maximum atomic E-state index is 12.6. The van der Waals surface area contributed by atoms with E-state index in [1.54, 1.807) is 7.05 Å². The molecule has 0 aliphatic rings. The maximum Gasteiger partial charge on any atom is 0.416 e. The minimum Gasteiger partial charge on any atom is -0.361 e. The van der Waals surface area contributed by atoms with Crippen LogP contribution in [0, 0.1) is 0 Å². The van der Waals surface area contributed by atoms with Gasteiger partial charge < -0.3 is 15.6 Å². The second-order valence-corrected chi connectivity index (χ2v) is 6.16. The highest BCUT2D eigenvalue weighted by Gasteiger charge is 2.29. The Morgan fingerprint density at radius 3 is 2.43 bits per heavy atom. The van der Waals surface area contributed by atoms with Crippen LogP contribution < -0.4 is 10.6 Å². The number of nitrogens with zero attached hydrogens (tertiary/aromatic N) is 1. The average molecular weight is 502 g/mol. The molecule has 1 aromatic heterocycles. The third kappa shape index (κ3) is 5.63. The van der Waals surface area contributed by atoms with Gasteiger partial charge in [-0.15, -0.1) is 24.0 Å². The average Bonchev–Trinajstić information content (AvgIpc) is 3.07. The Hall–Kier alpha value is -2.23. The predicted octanol–water partition coefficient (Wildman–Crippen LogP) is 4.71. The number of aromatic nitrogens is 1. The first-order valence-corrected chi connectivity index (χ1v) is 8.63. The Bertz CT molecular complexity index is 917. The van der Waals surface area contributed by atoms with Gasteiger partial charge in [0.2, 0.25) is 0 Å². The van der Waals surface area contributed by atoms with Gasteiger partial charge in [0.15, 0.2) is 5.96 Å². The maximum absolute atomic E-state index is 12.6. The number of alkyl halides is 3. The first kappa shape index (κ1) is 22.1. The molecule has 4 nitrogen and oxygen atoms in total. The zero-order chi connectivity index (χ0) is 19.3. The minimum atomic E-state index is -4.31. The lowest BCUT2D eigenvalue weighted by molar-refractivity contribution is -0.137. The van der Waals surface area contributed by atoms with Gasteiger partial charge in [0.25, 0.3) is 0 Å². The number of nitrogens with one attached hydrogen (secondary N) is 3. The van der Waals surface area contributed by atoms with Crippen LogP contribution in [0.5, 0.6) is 0 Å². The van der Waals surface area contributed by atoms with E-state index >= 15 is 0 Å². The molecule has 0 amide bonds. The zero-order valence-electron chi connectivity index (χ0n) is 15.3. The Morgan fingerprint density at radius 2 is 1.75 bits per heavy atom. The van der Waals surface area contributed by atoms with E-state index in [-0.39, 0.29) is 24.0 Å². The SMILES string of the molecule is CN=C(NCCc1c[nH]c2ccccc12)NCc1ccc(C(F)(F)F)cc1.I. The molecular formula is C20H22F3IN4. The van der Waals surface area contributed by atoms with Crippen LogP contribution in [0.3, 0.4) is 0 Å². The van der Waals surface area contributed by atoms with Crippen molar-refractivity contribution in [1.82, 2.24) is 15.6 Å². The molecule has 8 heteroatoms. The van der Waals surface area contributed by atoms with E-state index in [0.29, 0.717) is 19.0 Å². The van der Waals surface area contributed by atoms with E-state index in [0.717, 1.165) is 29.6 Å². The third-order valence-electron chi connectivity index (χ3n) is 4.33. The molecular weight excluding hydrogens is 480 g/mol. The number of aromatic amines is 1. The molecule has 0 fully saturated rings. The van der Waals surface area contributed by atoms with Gasteiger partial charge >= 0.3 is 6.18 Å². The number of rotatable bonds is 5. The van der Waals surface area contributed by atoms with Crippen LogP contribution in [0.4, 0.5) is 13.2 Å². The molecule has 3 aromatic rings. The highest BCUT2D eigenvalue weighted by atomic mass is 127. The molecule has 0 aliphatic carbocycles. The van der Waals surface area contributed by atoms with Gasteiger partial charge in [-0.3, -0.25) is 4.99 Å². The lowest BCUT2D eigenvalue weighted by atomic mass is 10.1. The number of fused-ring (bicyclic) bond motifs is 1. The molecule has 1 heterocycles. The number of halogens is 4. The van der Waals surface area contributed by atoms with Crippen molar-refractivity contribution in [2.24, 2.45) is 4.99 Å². The monoisotopic (exact) mass is 502 g/mol. The van der Waals surface area contributed by atoms with Gasteiger partial charge in [-0.25, -0.2) is 0 Å². The summed E-state index contributed by atoms with van der Waals surface area (Å²) >= 11 is 0. The number of guanidine groups is 1. The molecule has 0 atom stereocenters. The predicted molar refractivity (Wildman–Crippen MR) is 117 cm³/mol. The summed E-state index contributed by atoms with van der Waals surface area (Å²) in [5.41, 5.74) is 2.43. The molecule has 150 valence electrons. The molecule has 0 saturated heterocycles. The van der Waals surface area contributed by atoms with Crippen LogP contribution in [0.25, 0.3) is 10.9 Å². The molecule has 0 saturated carbocycles. The zero-order valence-corrected chi connectivity index (χ0v) is 17.6. The summed E-state index contributed by atoms with van der Waals surface area (Å²) in [6, 6.07) is 13.2. The van der Waals surface area contributed by atoms with E-state index < -0.39 is 11.7 Å². The number of hydrogen-bond acceptors (Lipinski definition) is 1. The Kier molecular flexibility index (Phi) is 7.73. The topological polar surface area (TPSA) is 52.2 Å². The van der Waals surface area contributed by atoms with Gasteiger partial charge in [-0.2, -0.15) is 13.2 Å². The van der Waals surface area contributed by atoms with E-state index in [1.807, 2.05) is 24.4 Å². The summed E-state index contributed by atoms with van der Waals surface area (Å²) in [4.78, 5) is 7.40. The molecule has 28 heavy (non-hydrogen) atoms. The highest BCUT2D eigenvalue weighted by molar-refractivity contribution is 14.0. The van der Waals surface area contributed by atoms with Crippen molar-refractivity contribution in [2.45, 2.75) is 19.1 Å². The van der Waals surface area contributed by atoms with Crippen molar-refractivity contribution < 1.29 is 13.2 Å². The largest absolute Gasteiger partial charge is 0.416 e. The van der Waals surface area contributed by atoms with Crippen LogP contribution in [0.15, 0.2) is 59.7 Å². The summed E-state index contributed by atoms with van der Waals surface area (Å²) in [5.74, 6) is 0.606. The second kappa shape index (κ2) is 9.81. The smallest absolute Gasteiger partial charge is 0.361 e. The highest BCUT2D eigenvalue weighted by Crippen LogP contribution is 2.29. The number of benzene rings is 2. The van der Waals surface area contributed by atoms with Gasteiger partial charge in [-0.1, -0.05) is 30.3 Å². The van der Waals surface area contributed by atoms with Crippen molar-refractivity contribution in [3.05, 3.63) is 71.4 Å². The molecule has 0 bridgehead atoms. The summed E-state index contributed by atoms with van der Waals surface area (Å²) in [7, 11) is 1.66. The number of aliphatic imine (C=N–C) groups is 1. The molecule has 0 unspecified atom stereocenters. The first-order valence-electron chi connectivity index (χ1n) is 8.63. The van der Waals surface area contributed by atoms with Crippen LogP contribution in [0.2, 0.25) is 0 Å². The van der Waals surface area contributed by atoms with E-state index in [2.05, 4.69) is 26.7 Å². The van der Waals surface area contributed by atoms with Crippen molar-refractivity contribution in [3.8, 4) is 0 Å². The molecule has 0 spiro atoms. The van der Waals surface area contributed by atoms with Crippen LogP contribution in [0.1, 0.15) is 16.7 Å². The standard InChI is InChI=1S/C20H21F3N4.HI/c1-24-19(27-12-14-6-8-16(9-7-14)20(21,22)23)25-11-10-15-13-26-18-5-3-2-4-17(15)18;/h2-9,13,26H,10-12H2,1H3,(H2,24,25,27);1H. The fraction of sp³-hybridized carbons (Fsp3) is 0.250. The van der Waals surface area contributed by atoms with Crippen molar-refractivity contribution in [3.63, 3.8) is 0 Å². The summed E-state index contributed by atoms with van der Waals surface area (Å²) in [6.07, 6.45) is -1.48. The van der Waals surface area contributed by atoms with Crippen molar-refractivity contribution in [1.29, 1.82) is 0 Å². The molecule has 3 N–H and O–H groups in total. The minimum absolute atomic E-state index is 0. The van der Waals surface area contributed by atoms with Crippen LogP contribution >= 0.6 is 24.0 Å². The van der Waals surface area contributed by atoms with E-state index in [1.165, 1.54) is 23.1 Å². The fourth-order valence-corrected chi connectivity index (χ4v) is 2.87. The van der Waals surface area contributed by atoms with E-state index in [9.17, 15) is 13.2 Å². The second-order valence-electron chi connectivity index (χ2n) is 6.16. The van der Waals surface area contributed by atoms with Crippen LogP contribution in [-0.2, 0) is 19.1 Å². The molecule has 0 radical (unpaired) electrons. The summed E-state index contributed by atoms with van der Waals surface area (Å²) in [6.45, 7) is 1.08. The molecule has 3 rings (SSSR count). The Balaban J connectivity index is 0.00000280. The van der Waals surface area contributed by atoms with Gasteiger partial charge in [-0.05, 0) is 35.7 Å². The lowest BCUT2D eigenvalue weighted by Gasteiger charge is -2.12. The Labute approximate surface area is 178 Å². The first-order chi connectivity index (χ1) is 13.0. The third-order valence-corrected chi connectivity index (χ3v) is 4.33. The van der Waals surface area contributed by atoms with Crippen molar-refractivity contribution >= 4 is 40.8 Å². The molecule has 0 aliphatic heterocycles. The Morgan fingerprint density at radius 1 is 1.04 bits per heavy atom. The number of hydrogen-bond donors (Lipinski definition) is 3. The number of H-pyrrole nitrogens is 1. The van der Waals surface area contributed by atoms with Crippen LogP contribution in [-0.4, -0.2) is 24.5 Å². The summed E-state index contributed by atoms with van der Waals surface area (Å²) in [5, 5.41) is 7.54. The van der Waals surface area contributed by atoms with Crippen molar-refractivity contribution in [2.75, 3.05) is 13.6 Å². The van der Waals surface area contributed by atoms with Gasteiger partial charge in [0, 0.05) is 37.2 Å². The lowest BCUT2D eigenvalue weighted by Crippen LogP contribution is -2.37. The normalized spacial score (nSPS) is 11.9. The molecule has 2 aromatic carbocycles. The van der Waals surface area contributed by atoms with Gasteiger partial charge in [0.1, 0.15) is 0 Å². The van der Waals surface area contributed by atoms with Gasteiger partial charge in [0.05, 0.1) is 5.56 Å². The summed E-state index contributed by atoms with van der Waals surface area (Å²) < 4.78 is 37.8. The van der Waals surface area contributed by atoms with E-state index in [4.69, 9.17) is 0 Å². The number of para-hydroxylation sites is 1. The quantitative estimate of drug-likeness (QED) is 0.269.